The first kappa shape index (κ1) is 45.8. The van der Waals surface area contributed by atoms with Crippen LogP contribution in [0.15, 0.2) is 0 Å². The van der Waals surface area contributed by atoms with Gasteiger partial charge >= 0.3 is 51.6 Å². The second-order valence-corrected chi connectivity index (χ2v) is 20.6. The number of alkyl halides is 9. The van der Waals surface area contributed by atoms with Gasteiger partial charge in [0, 0.05) is 56.9 Å². The molecule has 2 N–H and O–H groups in total. The maximum absolute atomic E-state index is 12.0. The molecule has 0 atom stereocenters. The second kappa shape index (κ2) is 19.1. The average molecular weight is 675 g/mol. The van der Waals surface area contributed by atoms with E-state index in [2.05, 4.69) is 26.6 Å². The zero-order valence-corrected chi connectivity index (χ0v) is 27.5. The fourth-order valence-electron chi connectivity index (χ4n) is 1.47. The van der Waals surface area contributed by atoms with Crippen molar-refractivity contribution in [3.8, 4) is 0 Å². The van der Waals surface area contributed by atoms with Crippen molar-refractivity contribution >= 4 is 34.2 Å². The van der Waals surface area contributed by atoms with E-state index >= 15 is 0 Å². The van der Waals surface area contributed by atoms with E-state index in [4.69, 9.17) is 19.1 Å². The average Bonchev–Trinajstić information content (AvgIpc) is 2.85. The van der Waals surface area contributed by atoms with Gasteiger partial charge in [0.05, 0.1) is 12.5 Å². The monoisotopic (exact) mass is 674 g/mol. The molecule has 0 aromatic carbocycles. The highest BCUT2D eigenvalue weighted by molar-refractivity contribution is 6.69. The Labute approximate surface area is 226 Å². The molecular formula is C16H39F9O10Si4. The lowest BCUT2D eigenvalue weighted by Gasteiger charge is -2.26. The highest BCUT2D eigenvalue weighted by atomic mass is 28.4. The molecule has 0 aliphatic rings. The minimum atomic E-state index is -4.59. The van der Waals surface area contributed by atoms with E-state index in [-0.39, 0.29) is 0 Å². The van der Waals surface area contributed by atoms with Crippen molar-refractivity contribution in [2.45, 2.75) is 37.0 Å². The number of aliphatic hydroxyl groups excluding tert-OH is 2. The number of aliphatic hydroxyl groups is 2. The van der Waals surface area contributed by atoms with Crippen LogP contribution in [0, 0.1) is 0 Å². The number of hydrogen-bond donors (Lipinski definition) is 2. The van der Waals surface area contributed by atoms with E-state index in [0.717, 1.165) is 49.2 Å². The molecule has 0 saturated carbocycles. The van der Waals surface area contributed by atoms with Gasteiger partial charge in [-0.15, -0.1) is 0 Å². The van der Waals surface area contributed by atoms with Gasteiger partial charge in [0.15, 0.2) is 0 Å². The SMILES string of the molecule is CO[Si](C)(C)OC.CO[Si](C)(OC)C(F)(F)F.CO[Si](CO)(OC)C(F)(F)F.CO[Si](CO)(OC)C(F)(F)F. The topological polar surface area (TPSA) is 114 Å². The van der Waals surface area contributed by atoms with Crippen molar-refractivity contribution in [2.24, 2.45) is 0 Å². The van der Waals surface area contributed by atoms with Gasteiger partial charge < -0.3 is 45.6 Å². The van der Waals surface area contributed by atoms with Crippen LogP contribution < -0.4 is 0 Å². The van der Waals surface area contributed by atoms with E-state index in [1.165, 1.54) is 0 Å². The lowest BCUT2D eigenvalue weighted by atomic mass is 11.5. The maximum Gasteiger partial charge on any atom is 0.483 e. The predicted molar refractivity (Wildman–Crippen MR) is 129 cm³/mol. The van der Waals surface area contributed by atoms with Gasteiger partial charge in [0.25, 0.3) is 0 Å². The summed E-state index contributed by atoms with van der Waals surface area (Å²) in [7, 11) is -5.42. The largest absolute Gasteiger partial charge is 0.483 e. The van der Waals surface area contributed by atoms with E-state index in [1.807, 2.05) is 13.1 Å². The Kier molecular flexibility index (Phi) is 22.4. The lowest BCUT2D eigenvalue weighted by Crippen LogP contribution is -2.58. The van der Waals surface area contributed by atoms with Gasteiger partial charge in [-0.1, -0.05) is 0 Å². The third-order valence-corrected chi connectivity index (χ3v) is 14.6. The van der Waals surface area contributed by atoms with Crippen LogP contribution in [0.4, 0.5) is 39.5 Å². The smallest absolute Gasteiger partial charge is 0.398 e. The van der Waals surface area contributed by atoms with E-state index < -0.39 is 64.1 Å². The highest BCUT2D eigenvalue weighted by Gasteiger charge is 2.62. The van der Waals surface area contributed by atoms with E-state index in [1.54, 1.807) is 14.2 Å². The molecule has 0 spiro atoms. The Hall–Kier alpha value is -0.162. The number of halogens is 9. The molecular weight excluding hydrogens is 635 g/mol. The molecule has 0 rings (SSSR count). The molecule has 0 fully saturated rings. The van der Waals surface area contributed by atoms with Crippen molar-refractivity contribution in [2.75, 3.05) is 69.3 Å². The molecule has 10 nitrogen and oxygen atoms in total. The van der Waals surface area contributed by atoms with Crippen LogP contribution in [0.25, 0.3) is 0 Å². The Bertz CT molecular complexity index is 562. The maximum atomic E-state index is 12.0. The van der Waals surface area contributed by atoms with Crippen molar-refractivity contribution in [1.29, 1.82) is 0 Å². The predicted octanol–water partition coefficient (Wildman–Crippen LogP) is 3.14. The molecule has 0 unspecified atom stereocenters. The molecule has 23 heteroatoms. The van der Waals surface area contributed by atoms with Crippen LogP contribution in [-0.4, -0.2) is 131 Å². The Morgan fingerprint density at radius 2 is 0.667 bits per heavy atom. The Morgan fingerprint density at radius 3 is 0.667 bits per heavy atom. The molecule has 0 bridgehead atoms. The van der Waals surface area contributed by atoms with Gasteiger partial charge in [-0.2, -0.15) is 39.5 Å². The van der Waals surface area contributed by atoms with Crippen LogP contribution in [0.3, 0.4) is 0 Å². The lowest BCUT2D eigenvalue weighted by molar-refractivity contribution is -0.0987. The molecule has 0 radical (unpaired) electrons. The summed E-state index contributed by atoms with van der Waals surface area (Å²) in [5.74, 6) is -13.5. The van der Waals surface area contributed by atoms with E-state index in [9.17, 15) is 39.5 Å². The zero-order chi connectivity index (χ0) is 32.6. The molecule has 39 heavy (non-hydrogen) atoms. The summed E-state index contributed by atoms with van der Waals surface area (Å²) in [6.45, 7) is 4.94. The summed E-state index contributed by atoms with van der Waals surface area (Å²) in [5, 5.41) is 16.8. The van der Waals surface area contributed by atoms with Crippen LogP contribution >= 0.6 is 0 Å². The number of hydrogen-bond acceptors (Lipinski definition) is 10. The molecule has 0 amide bonds. The first-order valence-corrected chi connectivity index (χ1v) is 19.4. The van der Waals surface area contributed by atoms with Gasteiger partial charge in [-0.25, -0.2) is 0 Å². The minimum absolute atomic E-state index is 0.874. The van der Waals surface area contributed by atoms with Crippen molar-refractivity contribution in [3.63, 3.8) is 0 Å². The van der Waals surface area contributed by atoms with Crippen molar-refractivity contribution < 1.29 is 85.1 Å². The van der Waals surface area contributed by atoms with Gasteiger partial charge in [-0.05, 0) is 19.6 Å². The summed E-state index contributed by atoms with van der Waals surface area (Å²) in [5.41, 5.74) is 0. The summed E-state index contributed by atoms with van der Waals surface area (Å²) >= 11 is 0. The quantitative estimate of drug-likeness (QED) is 0.265. The second-order valence-electron chi connectivity index (χ2n) is 7.29. The molecule has 0 aliphatic heterocycles. The van der Waals surface area contributed by atoms with Gasteiger partial charge in [0.2, 0.25) is 0 Å². The molecule has 0 aliphatic carbocycles. The fraction of sp³-hybridized carbons (Fsp3) is 1.00. The fourth-order valence-corrected chi connectivity index (χ4v) is 4.40. The normalized spacial score (nSPS) is 13.4. The minimum Gasteiger partial charge on any atom is -0.398 e. The van der Waals surface area contributed by atoms with E-state index in [0.29, 0.717) is 0 Å². The molecule has 0 saturated heterocycles. The molecule has 0 heterocycles. The number of rotatable bonds is 10. The third kappa shape index (κ3) is 15.0. The van der Waals surface area contributed by atoms with Gasteiger partial charge in [0.1, 0.15) is 0 Å². The standard InChI is InChI=1S/2C4H9F3O3Si.C4H9F3O2Si.C4H12O2Si/c2*1-9-11(3-8,10-2)4(5,6)7;1-8-10(3,9-2)4(5,6)7;1-5-7(3,4)6-2/h2*8H,3H2,1-2H3;1-3H3;1-4H3. The summed E-state index contributed by atoms with van der Waals surface area (Å²) < 4.78 is 143. The van der Waals surface area contributed by atoms with Crippen molar-refractivity contribution in [1.82, 2.24) is 0 Å². The van der Waals surface area contributed by atoms with Crippen LogP contribution in [0.1, 0.15) is 0 Å². The Balaban J connectivity index is -0.000000212. The van der Waals surface area contributed by atoms with Crippen LogP contribution in [-0.2, 0) is 35.4 Å². The highest BCUT2D eigenvalue weighted by Crippen LogP contribution is 2.30. The molecule has 0 aromatic rings. The van der Waals surface area contributed by atoms with Crippen LogP contribution in [0.2, 0.25) is 19.6 Å². The van der Waals surface area contributed by atoms with Crippen molar-refractivity contribution in [3.05, 3.63) is 0 Å². The summed E-state index contributed by atoms with van der Waals surface area (Å²) in [6.07, 6.45) is -2.24. The van der Waals surface area contributed by atoms with Crippen LogP contribution in [0.5, 0.6) is 0 Å². The first-order valence-electron chi connectivity index (χ1n) is 10.2. The molecule has 242 valence electrons. The van der Waals surface area contributed by atoms with Gasteiger partial charge in [-0.3, -0.25) is 0 Å². The first-order chi connectivity index (χ1) is 17.4. The third-order valence-electron chi connectivity index (χ3n) is 4.88. The summed E-state index contributed by atoms with van der Waals surface area (Å²) in [4.78, 5) is 0. The summed E-state index contributed by atoms with van der Waals surface area (Å²) in [6, 6.07) is 0. The Morgan fingerprint density at radius 1 is 0.436 bits per heavy atom. The molecule has 0 aromatic heterocycles. The zero-order valence-electron chi connectivity index (χ0n) is 23.5.